The summed E-state index contributed by atoms with van der Waals surface area (Å²) in [6.07, 6.45) is 0.641. The van der Waals surface area contributed by atoms with Crippen LogP contribution in [0.2, 0.25) is 0 Å². The fourth-order valence-electron chi connectivity index (χ4n) is 2.57. The third-order valence-corrected chi connectivity index (χ3v) is 5.74. The van der Waals surface area contributed by atoms with Crippen LogP contribution in [-0.4, -0.2) is 21.2 Å². The minimum Gasteiger partial charge on any atom is -0.313 e. The highest BCUT2D eigenvalue weighted by Crippen LogP contribution is 2.29. The van der Waals surface area contributed by atoms with Crippen LogP contribution in [0, 0.1) is 0 Å². The molecule has 1 N–H and O–H groups in total. The molecule has 2 aromatic carbocycles. The minimum atomic E-state index is 0.569. The first-order valence-electron chi connectivity index (χ1n) is 7.92. The van der Waals surface area contributed by atoms with E-state index in [2.05, 4.69) is 47.3 Å². The van der Waals surface area contributed by atoms with Crippen molar-refractivity contribution >= 4 is 55.4 Å². The van der Waals surface area contributed by atoms with E-state index in [1.807, 2.05) is 60.0 Å². The van der Waals surface area contributed by atoms with Gasteiger partial charge in [0.2, 0.25) is 11.5 Å². The molecule has 4 aromatic rings. The Labute approximate surface area is 176 Å². The van der Waals surface area contributed by atoms with E-state index in [0.717, 1.165) is 31.5 Å². The lowest BCUT2D eigenvalue weighted by atomic mass is 10.2. The summed E-state index contributed by atoms with van der Waals surface area (Å²) in [7, 11) is 0. The first kappa shape index (κ1) is 18.1. The number of rotatable bonds is 5. The first-order chi connectivity index (χ1) is 13.1. The number of amides is 1. The van der Waals surface area contributed by atoms with E-state index in [0.29, 0.717) is 17.4 Å². The number of hydrogen-bond donors (Lipinski definition) is 1. The molecule has 2 heterocycles. The summed E-state index contributed by atoms with van der Waals surface area (Å²) < 4.78 is 3.67. The highest BCUT2D eigenvalue weighted by molar-refractivity contribution is 9.10. The number of nitrogens with zero attached hydrogens (tertiary/aromatic N) is 3. The Morgan fingerprint density at radius 3 is 2.11 bits per heavy atom. The zero-order chi connectivity index (χ0) is 18.8. The highest BCUT2D eigenvalue weighted by atomic mass is 79.9. The SMILES string of the molecule is O=CNc1cc(-c2ccc(Br)cc2)nn1-c1nc(-c2ccc(Br)cc2)cs1. The van der Waals surface area contributed by atoms with Gasteiger partial charge in [-0.05, 0) is 24.3 Å². The maximum absolute atomic E-state index is 11.0. The molecule has 0 aliphatic rings. The molecule has 27 heavy (non-hydrogen) atoms. The van der Waals surface area contributed by atoms with Crippen LogP contribution in [0.15, 0.2) is 68.9 Å². The molecule has 1 amide bonds. The van der Waals surface area contributed by atoms with Gasteiger partial charge in [0.05, 0.1) is 11.4 Å². The predicted molar refractivity (Wildman–Crippen MR) is 115 cm³/mol. The number of carbonyl (C=O) groups excluding carboxylic acids is 1. The van der Waals surface area contributed by atoms with Crippen LogP contribution in [0.5, 0.6) is 0 Å². The molecule has 0 bridgehead atoms. The number of hydrogen-bond acceptors (Lipinski definition) is 4. The van der Waals surface area contributed by atoms with Gasteiger partial charge in [-0.1, -0.05) is 56.1 Å². The average molecular weight is 504 g/mol. The molecule has 0 saturated carbocycles. The molecular weight excluding hydrogens is 492 g/mol. The van der Waals surface area contributed by atoms with Gasteiger partial charge in [0.25, 0.3) is 0 Å². The number of anilines is 1. The third-order valence-electron chi connectivity index (χ3n) is 3.87. The predicted octanol–water partition coefficient (Wildman–Crippen LogP) is 5.76. The standard InChI is InChI=1S/C19H12Br2N4OS/c20-14-5-1-12(2-6-14)16-9-18(22-11-26)25(24-16)19-23-17(10-27-19)13-3-7-15(21)8-4-13/h1-11H,(H,22,26). The van der Waals surface area contributed by atoms with Crippen LogP contribution in [0.4, 0.5) is 5.82 Å². The average Bonchev–Trinajstić information content (AvgIpc) is 3.31. The molecular formula is C19H12Br2N4OS. The summed E-state index contributed by atoms with van der Waals surface area (Å²) in [4.78, 5) is 15.7. The fourth-order valence-corrected chi connectivity index (χ4v) is 3.89. The van der Waals surface area contributed by atoms with Crippen LogP contribution >= 0.6 is 43.2 Å². The molecule has 4 rings (SSSR count). The van der Waals surface area contributed by atoms with Gasteiger partial charge in [0.1, 0.15) is 5.82 Å². The second-order valence-electron chi connectivity index (χ2n) is 5.62. The topological polar surface area (TPSA) is 59.8 Å². The van der Waals surface area contributed by atoms with Crippen molar-refractivity contribution in [2.75, 3.05) is 5.32 Å². The lowest BCUT2D eigenvalue weighted by molar-refractivity contribution is -0.105. The van der Waals surface area contributed by atoms with E-state index in [9.17, 15) is 4.79 Å². The van der Waals surface area contributed by atoms with Crippen LogP contribution < -0.4 is 5.32 Å². The molecule has 0 aliphatic carbocycles. The number of nitrogens with one attached hydrogen (secondary N) is 1. The van der Waals surface area contributed by atoms with Crippen LogP contribution in [0.3, 0.4) is 0 Å². The van der Waals surface area contributed by atoms with E-state index in [4.69, 9.17) is 0 Å². The molecule has 0 radical (unpaired) electrons. The quantitative estimate of drug-likeness (QED) is 0.352. The zero-order valence-electron chi connectivity index (χ0n) is 13.8. The molecule has 0 saturated heterocycles. The van der Waals surface area contributed by atoms with Gasteiger partial charge in [-0.15, -0.1) is 11.3 Å². The lowest BCUT2D eigenvalue weighted by Crippen LogP contribution is -2.04. The Morgan fingerprint density at radius 1 is 0.926 bits per heavy atom. The van der Waals surface area contributed by atoms with Gasteiger partial charge in [-0.2, -0.15) is 9.78 Å². The Kier molecular flexibility index (Phi) is 5.20. The molecule has 2 aromatic heterocycles. The smallest absolute Gasteiger partial charge is 0.212 e. The van der Waals surface area contributed by atoms with Crippen molar-refractivity contribution in [2.24, 2.45) is 0 Å². The molecule has 5 nitrogen and oxygen atoms in total. The van der Waals surface area contributed by atoms with Crippen molar-refractivity contribution in [1.82, 2.24) is 14.8 Å². The summed E-state index contributed by atoms with van der Waals surface area (Å²) in [6, 6.07) is 17.6. The highest BCUT2D eigenvalue weighted by Gasteiger charge is 2.14. The zero-order valence-corrected chi connectivity index (χ0v) is 17.8. The molecule has 0 spiro atoms. The van der Waals surface area contributed by atoms with Crippen LogP contribution in [-0.2, 0) is 4.79 Å². The largest absolute Gasteiger partial charge is 0.313 e. The van der Waals surface area contributed by atoms with Crippen molar-refractivity contribution in [3.8, 4) is 27.6 Å². The van der Waals surface area contributed by atoms with E-state index in [1.54, 1.807) is 4.68 Å². The maximum Gasteiger partial charge on any atom is 0.212 e. The van der Waals surface area contributed by atoms with E-state index >= 15 is 0 Å². The Balaban J connectivity index is 1.73. The van der Waals surface area contributed by atoms with E-state index in [1.165, 1.54) is 11.3 Å². The third kappa shape index (κ3) is 3.87. The fraction of sp³-hybridized carbons (Fsp3) is 0. The van der Waals surface area contributed by atoms with Gasteiger partial charge in [0, 0.05) is 31.5 Å². The summed E-state index contributed by atoms with van der Waals surface area (Å²) in [5, 5.41) is 10.0. The van der Waals surface area contributed by atoms with Crippen molar-refractivity contribution in [3.63, 3.8) is 0 Å². The van der Waals surface area contributed by atoms with Crippen molar-refractivity contribution < 1.29 is 4.79 Å². The van der Waals surface area contributed by atoms with Crippen molar-refractivity contribution in [3.05, 3.63) is 68.9 Å². The van der Waals surface area contributed by atoms with Gasteiger partial charge in [-0.3, -0.25) is 4.79 Å². The van der Waals surface area contributed by atoms with Gasteiger partial charge in [-0.25, -0.2) is 4.98 Å². The first-order valence-corrected chi connectivity index (χ1v) is 10.4. The normalized spacial score (nSPS) is 10.7. The summed E-state index contributed by atoms with van der Waals surface area (Å²) in [5.74, 6) is 0.569. The molecule has 0 fully saturated rings. The summed E-state index contributed by atoms with van der Waals surface area (Å²) in [5.41, 5.74) is 3.59. The maximum atomic E-state index is 11.0. The number of benzene rings is 2. The number of aromatic nitrogens is 3. The van der Waals surface area contributed by atoms with Crippen molar-refractivity contribution in [1.29, 1.82) is 0 Å². The van der Waals surface area contributed by atoms with Crippen LogP contribution in [0.25, 0.3) is 27.6 Å². The number of halogens is 2. The lowest BCUT2D eigenvalue weighted by Gasteiger charge is -2.01. The van der Waals surface area contributed by atoms with E-state index in [-0.39, 0.29) is 0 Å². The Morgan fingerprint density at radius 2 is 1.52 bits per heavy atom. The van der Waals surface area contributed by atoms with Crippen molar-refractivity contribution in [2.45, 2.75) is 0 Å². The minimum absolute atomic E-state index is 0.569. The Hall–Kier alpha value is -2.29. The summed E-state index contributed by atoms with van der Waals surface area (Å²) >= 11 is 8.34. The second kappa shape index (κ2) is 7.75. The molecule has 0 aliphatic heterocycles. The molecule has 8 heteroatoms. The number of thiazole rings is 1. The van der Waals surface area contributed by atoms with Crippen LogP contribution in [0.1, 0.15) is 0 Å². The van der Waals surface area contributed by atoms with E-state index < -0.39 is 0 Å². The molecule has 0 unspecified atom stereocenters. The monoisotopic (exact) mass is 502 g/mol. The van der Waals surface area contributed by atoms with Gasteiger partial charge < -0.3 is 5.32 Å². The van der Waals surface area contributed by atoms with Gasteiger partial charge in [0.15, 0.2) is 0 Å². The second-order valence-corrected chi connectivity index (χ2v) is 8.29. The summed E-state index contributed by atoms with van der Waals surface area (Å²) in [6.45, 7) is 0. The molecule has 0 atom stereocenters. The Bertz CT molecular complexity index is 1090. The van der Waals surface area contributed by atoms with Gasteiger partial charge >= 0.3 is 0 Å². The number of carbonyl (C=O) groups is 1. The molecule has 134 valence electrons.